The lowest BCUT2D eigenvalue weighted by molar-refractivity contribution is -0.0274. The molecular weight excluding hydrogens is 474 g/mol. The van der Waals surface area contributed by atoms with E-state index in [0.717, 1.165) is 56.1 Å². The Morgan fingerprint density at radius 2 is 1.83 bits per heavy atom. The largest absolute Gasteiger partial charge is 0.396 e. The van der Waals surface area contributed by atoms with Gasteiger partial charge in [-0.15, -0.1) is 0 Å². The maximum atomic E-state index is 13.8. The normalized spacial score (nSPS) is 17.3. The first-order valence-corrected chi connectivity index (χ1v) is 11.7. The van der Waals surface area contributed by atoms with Crippen LogP contribution >= 0.6 is 0 Å². The summed E-state index contributed by atoms with van der Waals surface area (Å²) < 4.78 is 53.0. The molecular formula is C26H25F4N5O. The molecule has 0 saturated carbocycles. The van der Waals surface area contributed by atoms with Gasteiger partial charge in [0.15, 0.2) is 11.6 Å². The van der Waals surface area contributed by atoms with Crippen LogP contribution in [0.3, 0.4) is 0 Å². The molecule has 6 nitrogen and oxygen atoms in total. The SMILES string of the molecule is CCON=C(c1ccc(F)c(F)c1)c1ccc(CN2CC3(C2)CN(c2cncc(C(F)F)c2)C3)cn1. The number of alkyl halides is 2. The second-order valence-corrected chi connectivity index (χ2v) is 9.32. The van der Waals surface area contributed by atoms with E-state index >= 15 is 0 Å². The van der Waals surface area contributed by atoms with Crippen LogP contribution in [-0.2, 0) is 11.4 Å². The van der Waals surface area contributed by atoms with Crippen molar-refractivity contribution >= 4 is 11.4 Å². The van der Waals surface area contributed by atoms with Crippen molar-refractivity contribution in [3.8, 4) is 0 Å². The van der Waals surface area contributed by atoms with Crippen molar-refractivity contribution in [2.24, 2.45) is 10.6 Å². The maximum Gasteiger partial charge on any atom is 0.265 e. The molecule has 0 radical (unpaired) electrons. The van der Waals surface area contributed by atoms with Gasteiger partial charge in [-0.05, 0) is 42.8 Å². The molecule has 10 heteroatoms. The molecule has 0 N–H and O–H groups in total. The van der Waals surface area contributed by atoms with Gasteiger partial charge in [-0.3, -0.25) is 14.9 Å². The van der Waals surface area contributed by atoms with Crippen molar-refractivity contribution in [2.75, 3.05) is 37.7 Å². The van der Waals surface area contributed by atoms with E-state index in [2.05, 4.69) is 24.9 Å². The maximum absolute atomic E-state index is 13.8. The Kier molecular flexibility index (Phi) is 6.61. The van der Waals surface area contributed by atoms with Gasteiger partial charge in [-0.25, -0.2) is 17.6 Å². The lowest BCUT2D eigenvalue weighted by Crippen LogP contribution is -2.72. The van der Waals surface area contributed by atoms with E-state index in [0.29, 0.717) is 23.6 Å². The van der Waals surface area contributed by atoms with E-state index in [1.165, 1.54) is 18.3 Å². The Bertz CT molecular complexity index is 1250. The smallest absolute Gasteiger partial charge is 0.265 e. The molecule has 2 fully saturated rings. The summed E-state index contributed by atoms with van der Waals surface area (Å²) in [4.78, 5) is 18.0. The van der Waals surface area contributed by atoms with Crippen LogP contribution in [0.2, 0.25) is 0 Å². The topological polar surface area (TPSA) is 53.9 Å². The average Bonchev–Trinajstić information content (AvgIpc) is 2.83. The van der Waals surface area contributed by atoms with Crippen molar-refractivity contribution in [3.63, 3.8) is 0 Å². The van der Waals surface area contributed by atoms with Gasteiger partial charge < -0.3 is 9.74 Å². The number of pyridine rings is 2. The lowest BCUT2D eigenvalue weighted by atomic mass is 9.72. The minimum atomic E-state index is -2.52. The first kappa shape index (κ1) is 24.2. The van der Waals surface area contributed by atoms with E-state index in [1.54, 1.807) is 25.4 Å². The third kappa shape index (κ3) is 4.90. The van der Waals surface area contributed by atoms with Gasteiger partial charge in [0.05, 0.1) is 17.6 Å². The van der Waals surface area contributed by atoms with Crippen molar-refractivity contribution in [1.29, 1.82) is 0 Å². The molecule has 1 aromatic carbocycles. The molecule has 2 aliphatic heterocycles. The first-order valence-electron chi connectivity index (χ1n) is 11.7. The van der Waals surface area contributed by atoms with Gasteiger partial charge in [0.1, 0.15) is 12.3 Å². The third-order valence-electron chi connectivity index (χ3n) is 6.48. The van der Waals surface area contributed by atoms with E-state index in [1.807, 2.05) is 6.07 Å². The van der Waals surface area contributed by atoms with Crippen molar-refractivity contribution in [1.82, 2.24) is 14.9 Å². The van der Waals surface area contributed by atoms with E-state index in [9.17, 15) is 17.6 Å². The van der Waals surface area contributed by atoms with Gasteiger partial charge in [0, 0.05) is 61.7 Å². The summed E-state index contributed by atoms with van der Waals surface area (Å²) in [5.41, 5.74) is 3.06. The second kappa shape index (κ2) is 9.85. The fourth-order valence-electron chi connectivity index (χ4n) is 4.83. The molecule has 36 heavy (non-hydrogen) atoms. The number of hydrogen-bond donors (Lipinski definition) is 0. The highest BCUT2D eigenvalue weighted by Gasteiger charge is 2.51. The fourth-order valence-corrected chi connectivity index (χ4v) is 4.83. The van der Waals surface area contributed by atoms with Crippen LogP contribution < -0.4 is 4.90 Å². The molecule has 2 aromatic heterocycles. The zero-order valence-corrected chi connectivity index (χ0v) is 19.7. The van der Waals surface area contributed by atoms with Crippen molar-refractivity contribution in [2.45, 2.75) is 19.9 Å². The molecule has 4 heterocycles. The van der Waals surface area contributed by atoms with Gasteiger partial charge in [0.2, 0.25) is 0 Å². The van der Waals surface area contributed by atoms with Crippen LogP contribution in [0.4, 0.5) is 23.2 Å². The Labute approximate surface area is 206 Å². The molecule has 3 aromatic rings. The highest BCUT2D eigenvalue weighted by Crippen LogP contribution is 2.42. The summed E-state index contributed by atoms with van der Waals surface area (Å²) in [6, 6.07) is 8.80. The number of oxime groups is 1. The second-order valence-electron chi connectivity index (χ2n) is 9.32. The summed E-state index contributed by atoms with van der Waals surface area (Å²) in [6.45, 7) is 6.30. The van der Waals surface area contributed by atoms with E-state index < -0.39 is 18.1 Å². The van der Waals surface area contributed by atoms with Crippen LogP contribution in [0.5, 0.6) is 0 Å². The number of rotatable bonds is 8. The molecule has 2 aliphatic rings. The molecule has 0 atom stereocenters. The van der Waals surface area contributed by atoms with Gasteiger partial charge in [-0.1, -0.05) is 11.2 Å². The standard InChI is InChI=1S/C26H25F4N5O/c1-2-36-33-24(18-4-5-21(27)22(28)8-18)23-6-3-17(9-32-23)12-34-13-26(14-34)15-35(16-26)20-7-19(25(29)30)10-31-11-20/h3-11,25H,2,12-16H2,1H3. The highest BCUT2D eigenvalue weighted by atomic mass is 19.3. The molecule has 0 bridgehead atoms. The van der Waals surface area contributed by atoms with Gasteiger partial charge >= 0.3 is 0 Å². The third-order valence-corrected chi connectivity index (χ3v) is 6.48. The number of halogens is 4. The Hall–Kier alpha value is -3.53. The average molecular weight is 500 g/mol. The Balaban J connectivity index is 1.18. The van der Waals surface area contributed by atoms with Crippen molar-refractivity contribution in [3.05, 3.63) is 89.0 Å². The predicted octanol–water partition coefficient (Wildman–Crippen LogP) is 4.80. The molecule has 2 saturated heterocycles. The molecule has 0 amide bonds. The summed E-state index contributed by atoms with van der Waals surface area (Å²) >= 11 is 0. The number of likely N-dealkylation sites (tertiary alicyclic amines) is 1. The lowest BCUT2D eigenvalue weighted by Gasteiger charge is -2.61. The molecule has 5 rings (SSSR count). The molecule has 0 unspecified atom stereocenters. The van der Waals surface area contributed by atoms with Crippen LogP contribution in [0.15, 0.2) is 60.1 Å². The minimum Gasteiger partial charge on any atom is -0.396 e. The number of nitrogens with zero attached hydrogens (tertiary/aromatic N) is 5. The monoisotopic (exact) mass is 499 g/mol. The predicted molar refractivity (Wildman–Crippen MR) is 127 cm³/mol. The number of hydrogen-bond acceptors (Lipinski definition) is 6. The Morgan fingerprint density at radius 1 is 1.03 bits per heavy atom. The molecule has 0 aliphatic carbocycles. The molecule has 1 spiro atoms. The number of anilines is 1. The van der Waals surface area contributed by atoms with E-state index in [-0.39, 0.29) is 11.0 Å². The van der Waals surface area contributed by atoms with Crippen LogP contribution in [0.25, 0.3) is 0 Å². The number of aromatic nitrogens is 2. The first-order chi connectivity index (χ1) is 17.4. The minimum absolute atomic E-state index is 0.0568. The van der Waals surface area contributed by atoms with Crippen molar-refractivity contribution < 1.29 is 22.4 Å². The van der Waals surface area contributed by atoms with Crippen LogP contribution in [0, 0.1) is 17.0 Å². The van der Waals surface area contributed by atoms with Crippen LogP contribution in [-0.4, -0.2) is 53.4 Å². The summed E-state index contributed by atoms with van der Waals surface area (Å²) in [7, 11) is 0. The zero-order valence-electron chi connectivity index (χ0n) is 19.7. The summed E-state index contributed by atoms with van der Waals surface area (Å²) in [6.07, 6.45) is 2.06. The quantitative estimate of drug-likeness (QED) is 0.253. The Morgan fingerprint density at radius 3 is 2.50 bits per heavy atom. The summed E-state index contributed by atoms with van der Waals surface area (Å²) in [5.74, 6) is -1.90. The van der Waals surface area contributed by atoms with Gasteiger partial charge in [-0.2, -0.15) is 0 Å². The summed E-state index contributed by atoms with van der Waals surface area (Å²) in [5, 5.41) is 4.06. The van der Waals surface area contributed by atoms with Crippen LogP contribution in [0.1, 0.15) is 35.7 Å². The fraction of sp³-hybridized carbons (Fsp3) is 0.346. The zero-order chi connectivity index (χ0) is 25.3. The highest BCUT2D eigenvalue weighted by molar-refractivity contribution is 6.11. The van der Waals surface area contributed by atoms with Gasteiger partial charge in [0.25, 0.3) is 6.43 Å². The molecule has 188 valence electrons. The van der Waals surface area contributed by atoms with E-state index in [4.69, 9.17) is 4.84 Å². The number of benzene rings is 1.